The van der Waals surface area contributed by atoms with E-state index in [9.17, 15) is 14.7 Å². The van der Waals surface area contributed by atoms with Crippen LogP contribution in [0.3, 0.4) is 0 Å². The smallest absolute Gasteiger partial charge is 0.382 e. The van der Waals surface area contributed by atoms with Gasteiger partial charge in [0, 0.05) is 11.6 Å². The molecule has 0 bridgehead atoms. The summed E-state index contributed by atoms with van der Waals surface area (Å²) in [5.74, 6) is -1.56. The van der Waals surface area contributed by atoms with Crippen LogP contribution in [0.4, 0.5) is 0 Å². The molecule has 0 aliphatic heterocycles. The maximum absolute atomic E-state index is 11.5. The van der Waals surface area contributed by atoms with Gasteiger partial charge >= 0.3 is 11.9 Å². The topological polar surface area (TPSA) is 72.8 Å². The highest BCUT2D eigenvalue weighted by Gasteiger charge is 2.17. The number of aliphatic hydroxyl groups excluding tert-OH is 1. The zero-order valence-corrected chi connectivity index (χ0v) is 9.55. The molecular formula is C12H16O5. The minimum atomic E-state index is -0.828. The van der Waals surface area contributed by atoms with E-state index in [0.717, 1.165) is 25.3 Å². The van der Waals surface area contributed by atoms with Crippen molar-refractivity contribution in [2.75, 3.05) is 0 Å². The third-order valence-corrected chi connectivity index (χ3v) is 2.47. The van der Waals surface area contributed by atoms with Gasteiger partial charge in [0.2, 0.25) is 0 Å². The average molecular weight is 240 g/mol. The molecule has 0 saturated carbocycles. The van der Waals surface area contributed by atoms with Crippen LogP contribution < -0.4 is 0 Å². The van der Waals surface area contributed by atoms with Crippen LogP contribution in [0, 0.1) is 0 Å². The predicted molar refractivity (Wildman–Crippen MR) is 59.6 cm³/mol. The van der Waals surface area contributed by atoms with Crippen LogP contribution in [0.25, 0.3) is 0 Å². The van der Waals surface area contributed by atoms with Crippen LogP contribution in [0.1, 0.15) is 32.1 Å². The van der Waals surface area contributed by atoms with Crippen molar-refractivity contribution in [3.8, 4) is 0 Å². The van der Waals surface area contributed by atoms with Crippen molar-refractivity contribution in [3.63, 3.8) is 0 Å². The van der Waals surface area contributed by atoms with Gasteiger partial charge in [0.05, 0.1) is 6.10 Å². The monoisotopic (exact) mass is 240 g/mol. The van der Waals surface area contributed by atoms with Gasteiger partial charge in [0.15, 0.2) is 0 Å². The molecule has 0 heterocycles. The molecule has 0 amide bonds. The third kappa shape index (κ3) is 4.82. The SMILES string of the molecule is C=CC(=O)OOC(=O)/C1=C/C(O)CCCCC1. The van der Waals surface area contributed by atoms with Crippen LogP contribution in [-0.2, 0) is 19.4 Å². The Hall–Kier alpha value is -1.62. The molecule has 5 heteroatoms. The molecule has 0 aromatic rings. The van der Waals surface area contributed by atoms with E-state index in [4.69, 9.17) is 0 Å². The predicted octanol–water partition coefficient (Wildman–Crippen LogP) is 1.43. The summed E-state index contributed by atoms with van der Waals surface area (Å²) in [7, 11) is 0. The van der Waals surface area contributed by atoms with Gasteiger partial charge in [-0.05, 0) is 25.3 Å². The molecule has 0 aromatic carbocycles. The minimum Gasteiger partial charge on any atom is -0.389 e. The van der Waals surface area contributed by atoms with Gasteiger partial charge in [-0.1, -0.05) is 19.4 Å². The summed E-state index contributed by atoms with van der Waals surface area (Å²) >= 11 is 0. The quantitative estimate of drug-likeness (QED) is 0.449. The second-order valence-electron chi connectivity index (χ2n) is 3.84. The van der Waals surface area contributed by atoms with Gasteiger partial charge in [-0.15, -0.1) is 0 Å². The lowest BCUT2D eigenvalue weighted by Crippen LogP contribution is -2.15. The van der Waals surface area contributed by atoms with Gasteiger partial charge in [-0.25, -0.2) is 19.4 Å². The van der Waals surface area contributed by atoms with Crippen LogP contribution in [-0.4, -0.2) is 23.1 Å². The molecular weight excluding hydrogens is 224 g/mol. The van der Waals surface area contributed by atoms with E-state index in [0.29, 0.717) is 18.4 Å². The minimum absolute atomic E-state index is 0.342. The van der Waals surface area contributed by atoms with Gasteiger partial charge in [0.1, 0.15) is 0 Å². The van der Waals surface area contributed by atoms with Crippen LogP contribution in [0.5, 0.6) is 0 Å². The number of carbonyl (C=O) groups excluding carboxylic acids is 2. The first-order valence-electron chi connectivity index (χ1n) is 5.57. The molecule has 17 heavy (non-hydrogen) atoms. The van der Waals surface area contributed by atoms with Crippen molar-refractivity contribution in [2.24, 2.45) is 0 Å². The number of carbonyl (C=O) groups is 2. The fraction of sp³-hybridized carbons (Fsp3) is 0.500. The number of rotatable bonds is 2. The summed E-state index contributed by atoms with van der Waals surface area (Å²) < 4.78 is 0. The third-order valence-electron chi connectivity index (χ3n) is 2.47. The van der Waals surface area contributed by atoms with E-state index in [2.05, 4.69) is 16.4 Å². The Kier molecular flexibility index (Phi) is 5.42. The molecule has 1 aliphatic carbocycles. The first-order valence-corrected chi connectivity index (χ1v) is 5.57. The Morgan fingerprint density at radius 2 is 2.12 bits per heavy atom. The Balaban J connectivity index is 2.55. The fourth-order valence-corrected chi connectivity index (χ4v) is 1.58. The molecule has 0 aromatic heterocycles. The largest absolute Gasteiger partial charge is 0.389 e. The Bertz CT molecular complexity index is 332. The normalized spacial score (nSPS) is 23.6. The Labute approximate surface area is 99.6 Å². The zero-order valence-electron chi connectivity index (χ0n) is 9.55. The fourth-order valence-electron chi connectivity index (χ4n) is 1.58. The molecule has 94 valence electrons. The van der Waals surface area contributed by atoms with Crippen molar-refractivity contribution < 1.29 is 24.5 Å². The molecule has 1 unspecified atom stereocenters. The van der Waals surface area contributed by atoms with Gasteiger partial charge < -0.3 is 5.11 Å². The molecule has 0 saturated heterocycles. The maximum atomic E-state index is 11.5. The van der Waals surface area contributed by atoms with E-state index in [1.807, 2.05) is 0 Å². The van der Waals surface area contributed by atoms with Crippen molar-refractivity contribution in [1.82, 2.24) is 0 Å². The molecule has 1 aliphatic rings. The highest BCUT2D eigenvalue weighted by molar-refractivity contribution is 5.89. The van der Waals surface area contributed by atoms with Gasteiger partial charge in [-0.2, -0.15) is 0 Å². The van der Waals surface area contributed by atoms with Gasteiger partial charge in [0.25, 0.3) is 0 Å². The van der Waals surface area contributed by atoms with Crippen LogP contribution in [0.15, 0.2) is 24.3 Å². The van der Waals surface area contributed by atoms with E-state index in [1.54, 1.807) is 0 Å². The lowest BCUT2D eigenvalue weighted by atomic mass is 9.98. The highest BCUT2D eigenvalue weighted by Crippen LogP contribution is 2.18. The first-order chi connectivity index (χ1) is 8.13. The zero-order chi connectivity index (χ0) is 12.7. The van der Waals surface area contributed by atoms with E-state index in [-0.39, 0.29) is 0 Å². The lowest BCUT2D eigenvalue weighted by Gasteiger charge is -2.13. The molecule has 0 spiro atoms. The number of aliphatic hydroxyl groups is 1. The van der Waals surface area contributed by atoms with Crippen LogP contribution in [0.2, 0.25) is 0 Å². The molecule has 0 radical (unpaired) electrons. The average Bonchev–Trinajstić information content (AvgIpc) is 2.30. The summed E-state index contributed by atoms with van der Waals surface area (Å²) in [4.78, 5) is 30.7. The van der Waals surface area contributed by atoms with Crippen molar-refractivity contribution in [2.45, 2.75) is 38.2 Å². The maximum Gasteiger partial charge on any atom is 0.382 e. The molecule has 1 rings (SSSR count). The second-order valence-corrected chi connectivity index (χ2v) is 3.84. The Morgan fingerprint density at radius 3 is 2.82 bits per heavy atom. The summed E-state index contributed by atoms with van der Waals surface area (Å²) in [6.07, 6.45) is 5.60. The summed E-state index contributed by atoms with van der Waals surface area (Å²) in [5, 5.41) is 9.55. The second kappa shape index (κ2) is 6.85. The van der Waals surface area contributed by atoms with E-state index in [1.165, 1.54) is 6.08 Å². The van der Waals surface area contributed by atoms with E-state index >= 15 is 0 Å². The summed E-state index contributed by atoms with van der Waals surface area (Å²) in [6, 6.07) is 0. The molecule has 1 N–H and O–H groups in total. The molecule has 1 atom stereocenters. The molecule has 5 nitrogen and oxygen atoms in total. The van der Waals surface area contributed by atoms with Crippen molar-refractivity contribution in [1.29, 1.82) is 0 Å². The van der Waals surface area contributed by atoms with E-state index < -0.39 is 18.0 Å². The molecule has 0 fully saturated rings. The van der Waals surface area contributed by atoms with Gasteiger partial charge in [-0.3, -0.25) is 0 Å². The standard InChI is InChI=1S/C12H16O5/c1-2-11(14)16-17-12(15)9-6-4-3-5-7-10(13)8-9/h2,8,10,13H,1,3-7H2/b9-8+. The number of hydrogen-bond donors (Lipinski definition) is 1. The highest BCUT2D eigenvalue weighted by atomic mass is 17.2. The lowest BCUT2D eigenvalue weighted by molar-refractivity contribution is -0.251. The first kappa shape index (κ1) is 13.4. The van der Waals surface area contributed by atoms with Crippen molar-refractivity contribution in [3.05, 3.63) is 24.3 Å². The number of hydrogen-bond acceptors (Lipinski definition) is 5. The van der Waals surface area contributed by atoms with Crippen LogP contribution >= 0.6 is 0 Å². The summed E-state index contributed by atoms with van der Waals surface area (Å²) in [5.41, 5.74) is 0.342. The summed E-state index contributed by atoms with van der Waals surface area (Å²) in [6.45, 7) is 3.17. The Morgan fingerprint density at radius 1 is 1.35 bits per heavy atom. The van der Waals surface area contributed by atoms with Crippen molar-refractivity contribution >= 4 is 11.9 Å².